The molecule has 78 valence electrons. The SMILES string of the molecule is NC(=O)c1cnn2c1nc1ccnccc12. The van der Waals surface area contributed by atoms with Gasteiger partial charge in [-0.2, -0.15) is 5.10 Å². The molecule has 3 heterocycles. The molecule has 0 atom stereocenters. The smallest absolute Gasteiger partial charge is 0.254 e. The molecule has 0 aromatic carbocycles. The number of fused-ring (bicyclic) bond motifs is 3. The lowest BCUT2D eigenvalue weighted by Crippen LogP contribution is -2.10. The maximum Gasteiger partial charge on any atom is 0.254 e. The van der Waals surface area contributed by atoms with E-state index in [2.05, 4.69) is 15.1 Å². The molecule has 3 rings (SSSR count). The fraction of sp³-hybridized carbons (Fsp3) is 0. The van der Waals surface area contributed by atoms with Crippen molar-refractivity contribution in [1.82, 2.24) is 19.6 Å². The third kappa shape index (κ3) is 1.07. The van der Waals surface area contributed by atoms with Crippen LogP contribution in [0, 0.1) is 0 Å². The molecule has 0 spiro atoms. The number of primary amides is 1. The zero-order valence-electron chi connectivity index (χ0n) is 8.16. The van der Waals surface area contributed by atoms with Crippen LogP contribution in [0.2, 0.25) is 0 Å². The highest BCUT2D eigenvalue weighted by Gasteiger charge is 2.13. The summed E-state index contributed by atoms with van der Waals surface area (Å²) in [5.74, 6) is -0.527. The average Bonchev–Trinajstić information content (AvgIpc) is 2.70. The zero-order chi connectivity index (χ0) is 11.1. The Hall–Kier alpha value is -2.50. The molecule has 0 aliphatic carbocycles. The lowest BCUT2D eigenvalue weighted by molar-refractivity contribution is 0.100. The number of hydrogen-bond donors (Lipinski definition) is 1. The van der Waals surface area contributed by atoms with E-state index < -0.39 is 5.91 Å². The summed E-state index contributed by atoms with van der Waals surface area (Å²) in [6, 6.07) is 3.54. The molecule has 0 saturated carbocycles. The molecule has 3 aromatic rings. The fourth-order valence-corrected chi connectivity index (χ4v) is 1.64. The third-order valence-electron chi connectivity index (χ3n) is 2.36. The summed E-state index contributed by atoms with van der Waals surface area (Å²) in [5, 5.41) is 4.08. The Labute approximate surface area is 89.7 Å². The first-order valence-corrected chi connectivity index (χ1v) is 4.64. The second-order valence-electron chi connectivity index (χ2n) is 3.32. The number of nitrogens with two attached hydrogens (primary N) is 1. The van der Waals surface area contributed by atoms with Crippen molar-refractivity contribution in [2.45, 2.75) is 0 Å². The Morgan fingerprint density at radius 3 is 2.94 bits per heavy atom. The van der Waals surface area contributed by atoms with Gasteiger partial charge in [0.05, 0.1) is 17.2 Å². The van der Waals surface area contributed by atoms with Crippen LogP contribution in [-0.4, -0.2) is 25.5 Å². The number of carbonyl (C=O) groups excluding carboxylic acids is 1. The summed E-state index contributed by atoms with van der Waals surface area (Å²) in [7, 11) is 0. The van der Waals surface area contributed by atoms with Crippen LogP contribution in [0.25, 0.3) is 16.7 Å². The molecular formula is C10H7N5O. The highest BCUT2D eigenvalue weighted by molar-refractivity contribution is 6.00. The van der Waals surface area contributed by atoms with E-state index in [1.54, 1.807) is 29.0 Å². The van der Waals surface area contributed by atoms with Gasteiger partial charge in [0.25, 0.3) is 5.91 Å². The Balaban J connectivity index is 2.50. The Morgan fingerprint density at radius 1 is 1.31 bits per heavy atom. The second kappa shape index (κ2) is 2.99. The van der Waals surface area contributed by atoms with Gasteiger partial charge < -0.3 is 5.73 Å². The number of carbonyl (C=O) groups is 1. The van der Waals surface area contributed by atoms with Crippen molar-refractivity contribution in [2.24, 2.45) is 5.73 Å². The monoisotopic (exact) mass is 213 g/mol. The summed E-state index contributed by atoms with van der Waals surface area (Å²) in [5.41, 5.74) is 7.55. The lowest BCUT2D eigenvalue weighted by Gasteiger charge is -1.84. The van der Waals surface area contributed by atoms with Gasteiger partial charge in [0, 0.05) is 12.4 Å². The van der Waals surface area contributed by atoms with Gasteiger partial charge in [0.1, 0.15) is 5.56 Å². The molecule has 3 aromatic heterocycles. The van der Waals surface area contributed by atoms with E-state index >= 15 is 0 Å². The van der Waals surface area contributed by atoms with E-state index in [0.29, 0.717) is 11.2 Å². The minimum atomic E-state index is -0.527. The molecule has 0 radical (unpaired) electrons. The highest BCUT2D eigenvalue weighted by atomic mass is 16.1. The molecule has 6 nitrogen and oxygen atoms in total. The molecular weight excluding hydrogens is 206 g/mol. The number of rotatable bonds is 1. The number of aromatic nitrogens is 4. The van der Waals surface area contributed by atoms with Gasteiger partial charge in [-0.15, -0.1) is 0 Å². The highest BCUT2D eigenvalue weighted by Crippen LogP contribution is 2.16. The van der Waals surface area contributed by atoms with Crippen molar-refractivity contribution in [2.75, 3.05) is 0 Å². The molecule has 6 heteroatoms. The number of nitrogens with zero attached hydrogens (tertiary/aromatic N) is 4. The quantitative estimate of drug-likeness (QED) is 0.633. The van der Waals surface area contributed by atoms with E-state index in [1.165, 1.54) is 6.20 Å². The molecule has 0 saturated heterocycles. The zero-order valence-corrected chi connectivity index (χ0v) is 8.16. The van der Waals surface area contributed by atoms with E-state index in [9.17, 15) is 4.79 Å². The number of hydrogen-bond acceptors (Lipinski definition) is 4. The first-order valence-electron chi connectivity index (χ1n) is 4.64. The standard InChI is InChI=1S/C10H7N5O/c11-9(16)6-5-13-15-8-2-4-12-3-1-7(8)14-10(6)15/h1-5H,(H2,11,16). The van der Waals surface area contributed by atoms with Crippen molar-refractivity contribution < 1.29 is 4.79 Å². The van der Waals surface area contributed by atoms with E-state index in [0.717, 1.165) is 11.0 Å². The van der Waals surface area contributed by atoms with Gasteiger partial charge in [0.15, 0.2) is 5.65 Å². The molecule has 0 bridgehead atoms. The van der Waals surface area contributed by atoms with Crippen molar-refractivity contribution in [3.63, 3.8) is 0 Å². The third-order valence-corrected chi connectivity index (χ3v) is 2.36. The van der Waals surface area contributed by atoms with E-state index in [4.69, 9.17) is 5.73 Å². The van der Waals surface area contributed by atoms with Crippen LogP contribution in [0.3, 0.4) is 0 Å². The largest absolute Gasteiger partial charge is 0.365 e. The first kappa shape index (κ1) is 8.78. The minimum Gasteiger partial charge on any atom is -0.365 e. The Morgan fingerprint density at radius 2 is 2.12 bits per heavy atom. The van der Waals surface area contributed by atoms with Gasteiger partial charge in [-0.1, -0.05) is 0 Å². The second-order valence-corrected chi connectivity index (χ2v) is 3.32. The average molecular weight is 213 g/mol. The Bertz CT molecular complexity index is 703. The molecule has 0 aliphatic heterocycles. The molecule has 0 unspecified atom stereocenters. The van der Waals surface area contributed by atoms with Crippen LogP contribution in [0.1, 0.15) is 10.4 Å². The van der Waals surface area contributed by atoms with Crippen molar-refractivity contribution in [3.05, 3.63) is 36.3 Å². The number of imidazole rings is 1. The van der Waals surface area contributed by atoms with Gasteiger partial charge in [0.2, 0.25) is 0 Å². The van der Waals surface area contributed by atoms with Gasteiger partial charge in [-0.25, -0.2) is 9.50 Å². The van der Waals surface area contributed by atoms with Gasteiger partial charge >= 0.3 is 0 Å². The number of amides is 1. The predicted octanol–water partition coefficient (Wildman–Crippen LogP) is 0.376. The summed E-state index contributed by atoms with van der Waals surface area (Å²) in [6.07, 6.45) is 4.71. The minimum absolute atomic E-state index is 0.326. The fourth-order valence-electron chi connectivity index (χ4n) is 1.64. The van der Waals surface area contributed by atoms with Crippen LogP contribution in [0.4, 0.5) is 0 Å². The molecule has 1 amide bonds. The topological polar surface area (TPSA) is 86.2 Å². The molecule has 16 heavy (non-hydrogen) atoms. The van der Waals surface area contributed by atoms with Crippen LogP contribution < -0.4 is 5.73 Å². The van der Waals surface area contributed by atoms with Gasteiger partial charge in [-0.3, -0.25) is 9.78 Å². The summed E-state index contributed by atoms with van der Waals surface area (Å²) in [6.45, 7) is 0. The molecule has 0 aliphatic rings. The first-order chi connectivity index (χ1) is 7.77. The van der Waals surface area contributed by atoms with Gasteiger partial charge in [-0.05, 0) is 12.1 Å². The van der Waals surface area contributed by atoms with E-state index in [-0.39, 0.29) is 0 Å². The maximum absolute atomic E-state index is 11.1. The Kier molecular flexibility index (Phi) is 1.64. The van der Waals surface area contributed by atoms with Crippen molar-refractivity contribution in [3.8, 4) is 0 Å². The van der Waals surface area contributed by atoms with Crippen LogP contribution in [0.5, 0.6) is 0 Å². The van der Waals surface area contributed by atoms with Crippen molar-refractivity contribution >= 4 is 22.6 Å². The van der Waals surface area contributed by atoms with E-state index in [1.807, 2.05) is 0 Å². The predicted molar refractivity (Wildman–Crippen MR) is 56.8 cm³/mol. The lowest BCUT2D eigenvalue weighted by atomic mass is 10.3. The summed E-state index contributed by atoms with van der Waals surface area (Å²) >= 11 is 0. The summed E-state index contributed by atoms with van der Waals surface area (Å²) < 4.78 is 1.58. The molecule has 0 fully saturated rings. The summed E-state index contributed by atoms with van der Waals surface area (Å²) in [4.78, 5) is 19.4. The molecule has 2 N–H and O–H groups in total. The van der Waals surface area contributed by atoms with Crippen LogP contribution in [0.15, 0.2) is 30.7 Å². The van der Waals surface area contributed by atoms with Crippen molar-refractivity contribution in [1.29, 1.82) is 0 Å². The maximum atomic E-state index is 11.1. The van der Waals surface area contributed by atoms with Crippen LogP contribution >= 0.6 is 0 Å². The normalized spacial score (nSPS) is 11.0. The van der Waals surface area contributed by atoms with Crippen LogP contribution in [-0.2, 0) is 0 Å².